The van der Waals surface area contributed by atoms with E-state index in [1.54, 1.807) is 24.2 Å². The van der Waals surface area contributed by atoms with Gasteiger partial charge in [0.1, 0.15) is 5.82 Å². The number of amides is 2. The zero-order chi connectivity index (χ0) is 13.5. The lowest BCUT2D eigenvalue weighted by atomic mass is 9.73. The van der Waals surface area contributed by atoms with Gasteiger partial charge in [-0.25, -0.2) is 4.98 Å². The zero-order valence-corrected chi connectivity index (χ0v) is 10.8. The number of hydrogen-bond donors (Lipinski definition) is 1. The van der Waals surface area contributed by atoms with E-state index in [1.165, 1.54) is 0 Å². The highest BCUT2D eigenvalue weighted by molar-refractivity contribution is 5.93. The van der Waals surface area contributed by atoms with Gasteiger partial charge in [-0.05, 0) is 12.1 Å². The Balaban J connectivity index is 1.60. The molecule has 6 heteroatoms. The Morgan fingerprint density at radius 2 is 2.11 bits per heavy atom. The number of carbonyl (C=O) groups excluding carboxylic acids is 2. The van der Waals surface area contributed by atoms with Crippen molar-refractivity contribution < 1.29 is 9.59 Å². The van der Waals surface area contributed by atoms with Crippen LogP contribution in [0.3, 0.4) is 0 Å². The number of likely N-dealkylation sites (tertiary alicyclic amines) is 1. The van der Waals surface area contributed by atoms with Crippen molar-refractivity contribution in [1.29, 1.82) is 0 Å². The molecule has 0 saturated carbocycles. The summed E-state index contributed by atoms with van der Waals surface area (Å²) in [5.41, 5.74) is 0.847. The topological polar surface area (TPSA) is 65.5 Å². The maximum atomic E-state index is 11.4. The maximum Gasteiger partial charge on any atom is 0.252 e. The second-order valence-electron chi connectivity index (χ2n) is 5.35. The molecule has 2 amide bonds. The van der Waals surface area contributed by atoms with Gasteiger partial charge in [-0.2, -0.15) is 0 Å². The molecular formula is C13H16N4O2. The van der Waals surface area contributed by atoms with Crippen LogP contribution < -0.4 is 10.2 Å². The quantitative estimate of drug-likeness (QED) is 0.759. The number of anilines is 1. The minimum absolute atomic E-state index is 0.125. The first-order chi connectivity index (χ1) is 9.15. The van der Waals surface area contributed by atoms with E-state index in [2.05, 4.69) is 15.2 Å². The van der Waals surface area contributed by atoms with Crippen LogP contribution in [0.25, 0.3) is 0 Å². The molecule has 19 heavy (non-hydrogen) atoms. The molecule has 2 fully saturated rings. The van der Waals surface area contributed by atoms with Crippen molar-refractivity contribution in [2.24, 2.45) is 5.41 Å². The van der Waals surface area contributed by atoms with Gasteiger partial charge < -0.3 is 15.1 Å². The number of nitrogens with zero attached hydrogens (tertiary/aromatic N) is 3. The summed E-state index contributed by atoms with van der Waals surface area (Å²) in [5.74, 6) is 0.766. The molecule has 3 heterocycles. The first-order valence-electron chi connectivity index (χ1n) is 6.28. The Bertz CT molecular complexity index is 500. The maximum absolute atomic E-state index is 11.4. The van der Waals surface area contributed by atoms with Crippen LogP contribution >= 0.6 is 0 Å². The van der Waals surface area contributed by atoms with Crippen molar-refractivity contribution in [2.45, 2.75) is 0 Å². The summed E-state index contributed by atoms with van der Waals surface area (Å²) in [6, 6.07) is 3.65. The van der Waals surface area contributed by atoms with E-state index in [0.717, 1.165) is 38.4 Å². The lowest BCUT2D eigenvalue weighted by molar-refractivity contribution is -0.130. The lowest BCUT2D eigenvalue weighted by Crippen LogP contribution is -2.72. The van der Waals surface area contributed by atoms with Gasteiger partial charge in [0.2, 0.25) is 6.41 Å². The smallest absolute Gasteiger partial charge is 0.252 e. The van der Waals surface area contributed by atoms with E-state index < -0.39 is 0 Å². The second kappa shape index (κ2) is 4.22. The number of pyridine rings is 1. The molecule has 0 radical (unpaired) electrons. The summed E-state index contributed by atoms with van der Waals surface area (Å²) in [4.78, 5) is 30.2. The molecule has 1 aromatic rings. The minimum atomic E-state index is -0.125. The third-order valence-electron chi connectivity index (χ3n) is 3.84. The summed E-state index contributed by atoms with van der Waals surface area (Å²) in [6.07, 6.45) is 2.50. The predicted octanol–water partition coefficient (Wildman–Crippen LogP) is -0.280. The van der Waals surface area contributed by atoms with Gasteiger partial charge in [0.15, 0.2) is 0 Å². The standard InChI is InChI=1S/C13H16N4O2/c1-14-12(19)10-2-3-11(15-4-10)17-7-13(8-17)5-16(6-13)9-18/h2-4,9H,5-8H2,1H3,(H,14,19). The molecule has 1 aromatic heterocycles. The monoisotopic (exact) mass is 260 g/mol. The van der Waals surface area contributed by atoms with Crippen molar-refractivity contribution in [3.8, 4) is 0 Å². The molecule has 6 nitrogen and oxygen atoms in total. The highest BCUT2D eigenvalue weighted by Gasteiger charge is 2.51. The molecule has 1 N–H and O–H groups in total. The fourth-order valence-corrected chi connectivity index (χ4v) is 2.87. The van der Waals surface area contributed by atoms with Crippen molar-refractivity contribution in [1.82, 2.24) is 15.2 Å². The molecule has 0 atom stereocenters. The molecule has 0 bridgehead atoms. The van der Waals surface area contributed by atoms with E-state index in [9.17, 15) is 9.59 Å². The van der Waals surface area contributed by atoms with Crippen LogP contribution in [-0.2, 0) is 4.79 Å². The van der Waals surface area contributed by atoms with E-state index in [-0.39, 0.29) is 11.3 Å². The minimum Gasteiger partial charge on any atom is -0.355 e. The molecule has 0 aromatic carbocycles. The van der Waals surface area contributed by atoms with Crippen LogP contribution in [0.5, 0.6) is 0 Å². The average molecular weight is 260 g/mol. The molecule has 3 rings (SSSR count). The first-order valence-corrected chi connectivity index (χ1v) is 6.28. The van der Waals surface area contributed by atoms with Crippen LogP contribution in [0.2, 0.25) is 0 Å². The number of carbonyl (C=O) groups is 2. The van der Waals surface area contributed by atoms with E-state index >= 15 is 0 Å². The average Bonchev–Trinajstić information content (AvgIpc) is 2.36. The van der Waals surface area contributed by atoms with Crippen LogP contribution in [0.15, 0.2) is 18.3 Å². The van der Waals surface area contributed by atoms with Gasteiger partial charge >= 0.3 is 0 Å². The van der Waals surface area contributed by atoms with Crippen LogP contribution in [0.4, 0.5) is 5.82 Å². The normalized spacial score (nSPS) is 19.6. The van der Waals surface area contributed by atoms with Crippen molar-refractivity contribution in [2.75, 3.05) is 38.1 Å². The van der Waals surface area contributed by atoms with Gasteiger partial charge in [-0.3, -0.25) is 9.59 Å². The molecule has 1 spiro atoms. The molecule has 2 aliphatic rings. The Morgan fingerprint density at radius 1 is 1.37 bits per heavy atom. The third kappa shape index (κ3) is 1.93. The van der Waals surface area contributed by atoms with Crippen LogP contribution in [0.1, 0.15) is 10.4 Å². The first kappa shape index (κ1) is 12.0. The summed E-state index contributed by atoms with van der Waals surface area (Å²) in [5, 5.41) is 2.57. The summed E-state index contributed by atoms with van der Waals surface area (Å²) in [7, 11) is 1.60. The van der Waals surface area contributed by atoms with Gasteiger partial charge in [-0.15, -0.1) is 0 Å². The molecule has 100 valence electrons. The van der Waals surface area contributed by atoms with Gasteiger partial charge in [0, 0.05) is 44.8 Å². The second-order valence-corrected chi connectivity index (χ2v) is 5.35. The number of aromatic nitrogens is 1. The molecular weight excluding hydrogens is 244 g/mol. The Labute approximate surface area is 111 Å². The lowest BCUT2D eigenvalue weighted by Gasteiger charge is -2.59. The SMILES string of the molecule is CNC(=O)c1ccc(N2CC3(CN(C=O)C3)C2)nc1. The van der Waals surface area contributed by atoms with Gasteiger partial charge in [0.25, 0.3) is 5.91 Å². The van der Waals surface area contributed by atoms with E-state index in [1.807, 2.05) is 6.07 Å². The molecule has 0 aliphatic carbocycles. The number of hydrogen-bond acceptors (Lipinski definition) is 4. The van der Waals surface area contributed by atoms with Crippen molar-refractivity contribution in [3.05, 3.63) is 23.9 Å². The Kier molecular flexibility index (Phi) is 2.66. The largest absolute Gasteiger partial charge is 0.355 e. The number of nitrogens with one attached hydrogen (secondary N) is 1. The predicted molar refractivity (Wildman–Crippen MR) is 69.9 cm³/mol. The Hall–Kier alpha value is -2.11. The van der Waals surface area contributed by atoms with E-state index in [4.69, 9.17) is 0 Å². The highest BCUT2D eigenvalue weighted by Crippen LogP contribution is 2.40. The molecule has 2 aliphatic heterocycles. The molecule has 2 saturated heterocycles. The molecule has 0 unspecified atom stereocenters. The van der Waals surface area contributed by atoms with Crippen LogP contribution in [0, 0.1) is 5.41 Å². The van der Waals surface area contributed by atoms with Crippen molar-refractivity contribution in [3.63, 3.8) is 0 Å². The summed E-state index contributed by atoms with van der Waals surface area (Å²) >= 11 is 0. The zero-order valence-electron chi connectivity index (χ0n) is 10.8. The third-order valence-corrected chi connectivity index (χ3v) is 3.84. The summed E-state index contributed by atoms with van der Waals surface area (Å²) in [6.45, 7) is 3.57. The van der Waals surface area contributed by atoms with Crippen LogP contribution in [-0.4, -0.2) is 55.4 Å². The summed E-state index contributed by atoms with van der Waals surface area (Å²) < 4.78 is 0. The van der Waals surface area contributed by atoms with Gasteiger partial charge in [0.05, 0.1) is 5.56 Å². The fraction of sp³-hybridized carbons (Fsp3) is 0.462. The van der Waals surface area contributed by atoms with Crippen molar-refractivity contribution >= 4 is 18.1 Å². The van der Waals surface area contributed by atoms with E-state index in [0.29, 0.717) is 5.56 Å². The fourth-order valence-electron chi connectivity index (χ4n) is 2.87. The van der Waals surface area contributed by atoms with Gasteiger partial charge in [-0.1, -0.05) is 0 Å². The highest BCUT2D eigenvalue weighted by atomic mass is 16.1. The number of rotatable bonds is 3. The Morgan fingerprint density at radius 3 is 2.63 bits per heavy atom.